The standard InChI is InChI=1S/C19H21BrN2O3/c1-2-3-12-24-16-10-8-15(9-11-16)13-21-22-19(23)14-25-18-7-5-4-6-17(18)20/h4-11,13H,2-3,12,14H2,1H3,(H,22,23)/b21-13-. The van der Waals surface area contributed by atoms with Crippen molar-refractivity contribution in [3.63, 3.8) is 0 Å². The number of hydrazone groups is 1. The van der Waals surface area contributed by atoms with Crippen LogP contribution in [0.2, 0.25) is 0 Å². The maximum Gasteiger partial charge on any atom is 0.277 e. The minimum absolute atomic E-state index is 0.107. The van der Waals surface area contributed by atoms with Crippen LogP contribution in [0.4, 0.5) is 0 Å². The van der Waals surface area contributed by atoms with Gasteiger partial charge in [-0.15, -0.1) is 0 Å². The average molecular weight is 405 g/mol. The lowest BCUT2D eigenvalue weighted by molar-refractivity contribution is -0.123. The Balaban J connectivity index is 1.74. The maximum atomic E-state index is 11.7. The van der Waals surface area contributed by atoms with Gasteiger partial charge in [-0.1, -0.05) is 25.5 Å². The van der Waals surface area contributed by atoms with Gasteiger partial charge in [0.1, 0.15) is 11.5 Å². The summed E-state index contributed by atoms with van der Waals surface area (Å²) in [5, 5.41) is 3.92. The zero-order valence-corrected chi connectivity index (χ0v) is 15.7. The molecule has 132 valence electrons. The van der Waals surface area contributed by atoms with Crippen molar-refractivity contribution in [3.8, 4) is 11.5 Å². The highest BCUT2D eigenvalue weighted by molar-refractivity contribution is 9.10. The van der Waals surface area contributed by atoms with E-state index in [0.717, 1.165) is 35.2 Å². The summed E-state index contributed by atoms with van der Waals surface area (Å²) < 4.78 is 11.8. The molecular formula is C19H21BrN2O3. The quantitative estimate of drug-likeness (QED) is 0.387. The Morgan fingerprint density at radius 3 is 2.64 bits per heavy atom. The van der Waals surface area contributed by atoms with Crippen molar-refractivity contribution in [3.05, 3.63) is 58.6 Å². The van der Waals surface area contributed by atoms with Crippen molar-refractivity contribution >= 4 is 28.1 Å². The van der Waals surface area contributed by atoms with Crippen LogP contribution in [0.5, 0.6) is 11.5 Å². The van der Waals surface area contributed by atoms with Crippen molar-refractivity contribution in [2.75, 3.05) is 13.2 Å². The third-order valence-corrected chi connectivity index (χ3v) is 3.90. The lowest BCUT2D eigenvalue weighted by Crippen LogP contribution is -2.24. The molecule has 0 unspecified atom stereocenters. The molecule has 0 fully saturated rings. The molecule has 0 aliphatic carbocycles. The van der Waals surface area contributed by atoms with E-state index in [1.165, 1.54) is 0 Å². The fraction of sp³-hybridized carbons (Fsp3) is 0.263. The number of nitrogens with zero attached hydrogens (tertiary/aromatic N) is 1. The summed E-state index contributed by atoms with van der Waals surface area (Å²) in [6.07, 6.45) is 3.72. The van der Waals surface area contributed by atoms with Gasteiger partial charge in [-0.2, -0.15) is 5.10 Å². The number of halogens is 1. The van der Waals surface area contributed by atoms with E-state index in [1.807, 2.05) is 42.5 Å². The Morgan fingerprint density at radius 1 is 1.16 bits per heavy atom. The van der Waals surface area contributed by atoms with E-state index in [1.54, 1.807) is 12.3 Å². The second-order valence-electron chi connectivity index (χ2n) is 5.28. The minimum atomic E-state index is -0.327. The SMILES string of the molecule is CCCCOc1ccc(/C=N\NC(=O)COc2ccccc2Br)cc1. The number of nitrogens with one attached hydrogen (secondary N) is 1. The molecular weight excluding hydrogens is 384 g/mol. The monoisotopic (exact) mass is 404 g/mol. The van der Waals surface area contributed by atoms with E-state index in [2.05, 4.69) is 33.4 Å². The third kappa shape index (κ3) is 6.97. The molecule has 0 aliphatic rings. The Labute approximate surface area is 156 Å². The molecule has 0 spiro atoms. The first-order valence-corrected chi connectivity index (χ1v) is 8.90. The number of amides is 1. The molecule has 0 bridgehead atoms. The molecule has 1 amide bonds. The van der Waals surface area contributed by atoms with Gasteiger partial charge >= 0.3 is 0 Å². The summed E-state index contributed by atoms with van der Waals surface area (Å²) >= 11 is 3.36. The first-order valence-electron chi connectivity index (χ1n) is 8.11. The van der Waals surface area contributed by atoms with Crippen LogP contribution in [-0.4, -0.2) is 25.3 Å². The normalized spacial score (nSPS) is 10.6. The number of unbranched alkanes of at least 4 members (excludes halogenated alkanes) is 1. The van der Waals surface area contributed by atoms with Gasteiger partial charge in [0.15, 0.2) is 6.61 Å². The molecule has 0 aromatic heterocycles. The number of ether oxygens (including phenoxy) is 2. The second-order valence-corrected chi connectivity index (χ2v) is 6.14. The number of carbonyl (C=O) groups is 1. The second kappa shape index (κ2) is 10.5. The smallest absolute Gasteiger partial charge is 0.277 e. The molecule has 0 atom stereocenters. The number of carbonyl (C=O) groups excluding carboxylic acids is 1. The van der Waals surface area contributed by atoms with Gasteiger partial charge in [-0.3, -0.25) is 4.79 Å². The zero-order valence-electron chi connectivity index (χ0n) is 14.1. The number of benzene rings is 2. The van der Waals surface area contributed by atoms with Gasteiger partial charge in [0, 0.05) is 0 Å². The van der Waals surface area contributed by atoms with E-state index in [0.29, 0.717) is 5.75 Å². The van der Waals surface area contributed by atoms with Crippen LogP contribution in [0.1, 0.15) is 25.3 Å². The largest absolute Gasteiger partial charge is 0.494 e. The highest BCUT2D eigenvalue weighted by Gasteiger charge is 2.03. The summed E-state index contributed by atoms with van der Waals surface area (Å²) in [5.41, 5.74) is 3.31. The van der Waals surface area contributed by atoms with E-state index < -0.39 is 0 Å². The van der Waals surface area contributed by atoms with E-state index >= 15 is 0 Å². The van der Waals surface area contributed by atoms with Gasteiger partial charge in [-0.05, 0) is 64.3 Å². The summed E-state index contributed by atoms with van der Waals surface area (Å²) in [5.74, 6) is 1.11. The Bertz CT molecular complexity index is 702. The average Bonchev–Trinajstić information content (AvgIpc) is 2.62. The van der Waals surface area contributed by atoms with Crippen molar-refractivity contribution in [1.29, 1.82) is 0 Å². The highest BCUT2D eigenvalue weighted by Crippen LogP contribution is 2.23. The molecule has 0 saturated carbocycles. The Morgan fingerprint density at radius 2 is 1.92 bits per heavy atom. The molecule has 5 nitrogen and oxygen atoms in total. The van der Waals surface area contributed by atoms with Gasteiger partial charge in [0.05, 0.1) is 17.3 Å². The van der Waals surface area contributed by atoms with E-state index in [9.17, 15) is 4.79 Å². The van der Waals surface area contributed by atoms with Crippen molar-refractivity contribution < 1.29 is 14.3 Å². The van der Waals surface area contributed by atoms with Crippen LogP contribution in [0.25, 0.3) is 0 Å². The zero-order chi connectivity index (χ0) is 17.9. The van der Waals surface area contributed by atoms with E-state index in [4.69, 9.17) is 9.47 Å². The summed E-state index contributed by atoms with van der Waals surface area (Å²) in [6, 6.07) is 14.9. The molecule has 0 aliphatic heterocycles. The molecule has 0 saturated heterocycles. The van der Waals surface area contributed by atoms with Crippen LogP contribution in [0.3, 0.4) is 0 Å². The molecule has 25 heavy (non-hydrogen) atoms. The Kier molecular flexibility index (Phi) is 7.98. The fourth-order valence-electron chi connectivity index (χ4n) is 1.90. The lowest BCUT2D eigenvalue weighted by atomic mass is 10.2. The topological polar surface area (TPSA) is 59.9 Å². The highest BCUT2D eigenvalue weighted by atomic mass is 79.9. The summed E-state index contributed by atoms with van der Waals surface area (Å²) in [4.78, 5) is 11.7. The molecule has 2 rings (SSSR count). The first-order chi connectivity index (χ1) is 12.2. The molecule has 6 heteroatoms. The van der Waals surface area contributed by atoms with E-state index in [-0.39, 0.29) is 12.5 Å². The van der Waals surface area contributed by atoms with Gasteiger partial charge in [0.25, 0.3) is 5.91 Å². The van der Waals surface area contributed by atoms with Crippen LogP contribution in [0.15, 0.2) is 58.1 Å². The summed E-state index contributed by atoms with van der Waals surface area (Å²) in [7, 11) is 0. The molecule has 0 radical (unpaired) electrons. The van der Waals surface area contributed by atoms with Crippen molar-refractivity contribution in [1.82, 2.24) is 5.43 Å². The predicted molar refractivity (Wildman–Crippen MR) is 102 cm³/mol. The molecule has 1 N–H and O–H groups in total. The van der Waals surface area contributed by atoms with Gasteiger partial charge in [-0.25, -0.2) is 5.43 Å². The number of para-hydroxylation sites is 1. The minimum Gasteiger partial charge on any atom is -0.494 e. The molecule has 2 aromatic carbocycles. The maximum absolute atomic E-state index is 11.7. The van der Waals surface area contributed by atoms with Crippen molar-refractivity contribution in [2.45, 2.75) is 19.8 Å². The molecule has 2 aromatic rings. The van der Waals surface area contributed by atoms with Crippen LogP contribution in [0, 0.1) is 0 Å². The number of hydrogen-bond acceptors (Lipinski definition) is 4. The number of rotatable bonds is 9. The third-order valence-electron chi connectivity index (χ3n) is 3.25. The van der Waals surface area contributed by atoms with Crippen LogP contribution in [-0.2, 0) is 4.79 Å². The van der Waals surface area contributed by atoms with Crippen LogP contribution < -0.4 is 14.9 Å². The van der Waals surface area contributed by atoms with Crippen molar-refractivity contribution in [2.24, 2.45) is 5.10 Å². The Hall–Kier alpha value is -2.34. The lowest BCUT2D eigenvalue weighted by Gasteiger charge is -2.06. The fourth-order valence-corrected chi connectivity index (χ4v) is 2.30. The van der Waals surface area contributed by atoms with Gasteiger partial charge < -0.3 is 9.47 Å². The molecule has 0 heterocycles. The summed E-state index contributed by atoms with van der Waals surface area (Å²) in [6.45, 7) is 2.74. The number of hydrogen-bond donors (Lipinski definition) is 1. The predicted octanol–water partition coefficient (Wildman–Crippen LogP) is 4.16. The first kappa shape index (κ1) is 19.0. The van der Waals surface area contributed by atoms with Gasteiger partial charge in [0.2, 0.25) is 0 Å². The van der Waals surface area contributed by atoms with Crippen LogP contribution >= 0.6 is 15.9 Å².